The lowest BCUT2D eigenvalue weighted by Crippen LogP contribution is -2.36. The minimum Gasteiger partial charge on any atom is -0.467 e. The smallest absolute Gasteiger partial charge is 0.232 e. The lowest BCUT2D eigenvalue weighted by molar-refractivity contribution is -0.121. The largest absolute Gasteiger partial charge is 0.467 e. The molecule has 1 amide bonds. The van der Waals surface area contributed by atoms with Crippen LogP contribution in [-0.4, -0.2) is 22.2 Å². The molecule has 0 bridgehead atoms. The van der Waals surface area contributed by atoms with Gasteiger partial charge in [0.15, 0.2) is 0 Å². The lowest BCUT2D eigenvalue weighted by Gasteiger charge is -2.28. The van der Waals surface area contributed by atoms with Gasteiger partial charge in [-0.2, -0.15) is 5.10 Å². The third kappa shape index (κ3) is 3.50. The van der Waals surface area contributed by atoms with Gasteiger partial charge in [0.05, 0.1) is 17.9 Å². The van der Waals surface area contributed by atoms with Crippen LogP contribution in [0.1, 0.15) is 40.2 Å². The molecule has 156 valence electrons. The van der Waals surface area contributed by atoms with Gasteiger partial charge in [-0.15, -0.1) is 0 Å². The number of hydrogen-bond donors (Lipinski definition) is 1. The van der Waals surface area contributed by atoms with Crippen molar-refractivity contribution in [3.63, 3.8) is 0 Å². The Kier molecular flexibility index (Phi) is 4.82. The van der Waals surface area contributed by atoms with Crippen LogP contribution in [0.4, 0.5) is 0 Å². The highest BCUT2D eigenvalue weighted by atomic mass is 16.5. The second kappa shape index (κ2) is 7.80. The number of carbonyl (C=O) groups excluding carboxylic acids is 1. The zero-order valence-corrected chi connectivity index (χ0v) is 17.4. The molecule has 5 rings (SSSR count). The minimum absolute atomic E-state index is 0.0821. The molecule has 0 fully saturated rings. The average molecular weight is 413 g/mol. The van der Waals surface area contributed by atoms with Crippen molar-refractivity contribution in [1.82, 2.24) is 15.1 Å². The van der Waals surface area contributed by atoms with E-state index >= 15 is 0 Å². The summed E-state index contributed by atoms with van der Waals surface area (Å²) in [6.45, 7) is 4.32. The fourth-order valence-corrected chi connectivity index (χ4v) is 4.24. The SMILES string of the molecule is Cc1cc(C)n(C(CNC(=O)C2c3ccccc3Oc3ccccc32)c2ccco2)n1. The number of rotatable bonds is 5. The first-order valence-corrected chi connectivity index (χ1v) is 10.3. The van der Waals surface area contributed by atoms with Crippen molar-refractivity contribution < 1.29 is 13.9 Å². The second-order valence-corrected chi connectivity index (χ2v) is 7.76. The van der Waals surface area contributed by atoms with Crippen molar-refractivity contribution in [2.24, 2.45) is 0 Å². The van der Waals surface area contributed by atoms with Gasteiger partial charge >= 0.3 is 0 Å². The van der Waals surface area contributed by atoms with Crippen LogP contribution in [0.25, 0.3) is 0 Å². The monoisotopic (exact) mass is 413 g/mol. The number of furan rings is 1. The fourth-order valence-electron chi connectivity index (χ4n) is 4.24. The molecule has 1 atom stereocenters. The van der Waals surface area contributed by atoms with Crippen LogP contribution in [0.15, 0.2) is 77.4 Å². The molecule has 1 aliphatic heterocycles. The fraction of sp³-hybridized carbons (Fsp3) is 0.200. The molecular formula is C25H23N3O3. The number of aryl methyl sites for hydroxylation is 2. The van der Waals surface area contributed by atoms with Gasteiger partial charge in [0.2, 0.25) is 5.91 Å². The summed E-state index contributed by atoms with van der Waals surface area (Å²) in [4.78, 5) is 13.5. The first-order valence-electron chi connectivity index (χ1n) is 10.3. The minimum atomic E-state index is -0.446. The number of fused-ring (bicyclic) bond motifs is 2. The summed E-state index contributed by atoms with van der Waals surface area (Å²) in [7, 11) is 0. The van der Waals surface area contributed by atoms with E-state index in [4.69, 9.17) is 9.15 Å². The molecule has 3 heterocycles. The topological polar surface area (TPSA) is 69.3 Å². The lowest BCUT2D eigenvalue weighted by atomic mass is 9.87. The van der Waals surface area contributed by atoms with Crippen molar-refractivity contribution in [3.8, 4) is 11.5 Å². The third-order valence-corrected chi connectivity index (χ3v) is 5.62. The van der Waals surface area contributed by atoms with E-state index in [0.717, 1.165) is 28.3 Å². The maximum atomic E-state index is 13.5. The van der Waals surface area contributed by atoms with Crippen LogP contribution in [0.2, 0.25) is 0 Å². The van der Waals surface area contributed by atoms with Gasteiger partial charge in [-0.1, -0.05) is 36.4 Å². The standard InChI is InChI=1S/C25H23N3O3/c1-16-14-17(2)28(27-16)20(23-12-7-13-30-23)15-26-25(29)24-18-8-3-5-10-21(18)31-22-11-6-4-9-19(22)24/h3-14,20,24H,15H2,1-2H3,(H,26,29). The Morgan fingerprint density at radius 1 is 1.03 bits per heavy atom. The number of ether oxygens (including phenoxy) is 1. The Hall–Kier alpha value is -3.80. The highest BCUT2D eigenvalue weighted by Gasteiger charge is 2.33. The molecule has 31 heavy (non-hydrogen) atoms. The highest BCUT2D eigenvalue weighted by molar-refractivity contribution is 5.89. The van der Waals surface area contributed by atoms with Crippen LogP contribution in [0.3, 0.4) is 0 Å². The molecule has 6 nitrogen and oxygen atoms in total. The molecule has 0 saturated carbocycles. The van der Waals surface area contributed by atoms with Crippen molar-refractivity contribution in [2.45, 2.75) is 25.8 Å². The van der Waals surface area contributed by atoms with Gasteiger partial charge in [-0.25, -0.2) is 0 Å². The molecule has 2 aromatic carbocycles. The van der Waals surface area contributed by atoms with Crippen molar-refractivity contribution in [2.75, 3.05) is 6.54 Å². The molecule has 4 aromatic rings. The zero-order valence-electron chi connectivity index (χ0n) is 17.4. The van der Waals surface area contributed by atoms with Crippen LogP contribution in [-0.2, 0) is 4.79 Å². The van der Waals surface area contributed by atoms with Crippen molar-refractivity contribution in [1.29, 1.82) is 0 Å². The summed E-state index contributed by atoms with van der Waals surface area (Å²) in [6, 6.07) is 20.9. The van der Waals surface area contributed by atoms with Crippen LogP contribution < -0.4 is 10.1 Å². The number of para-hydroxylation sites is 2. The summed E-state index contributed by atoms with van der Waals surface area (Å²) >= 11 is 0. The van der Waals surface area contributed by atoms with Crippen molar-refractivity contribution >= 4 is 5.91 Å². The number of hydrogen-bond acceptors (Lipinski definition) is 4. The van der Waals surface area contributed by atoms with Crippen molar-refractivity contribution in [3.05, 3.63) is 101 Å². The van der Waals surface area contributed by atoms with Gasteiger partial charge in [-0.3, -0.25) is 9.48 Å². The maximum absolute atomic E-state index is 13.5. The summed E-state index contributed by atoms with van der Waals surface area (Å²) in [5.74, 6) is 1.64. The number of nitrogens with one attached hydrogen (secondary N) is 1. The Morgan fingerprint density at radius 2 is 1.71 bits per heavy atom. The molecular weight excluding hydrogens is 390 g/mol. The first kappa shape index (κ1) is 19.2. The number of benzene rings is 2. The highest BCUT2D eigenvalue weighted by Crippen LogP contribution is 2.43. The van der Waals surface area contributed by atoms with Gasteiger partial charge in [-0.05, 0) is 44.2 Å². The van der Waals surface area contributed by atoms with Crippen LogP contribution in [0, 0.1) is 13.8 Å². The van der Waals surface area contributed by atoms with Gasteiger partial charge in [0, 0.05) is 23.4 Å². The molecule has 1 N–H and O–H groups in total. The number of carbonyl (C=O) groups is 1. The van der Waals surface area contributed by atoms with E-state index in [2.05, 4.69) is 10.4 Å². The maximum Gasteiger partial charge on any atom is 0.232 e. The van der Waals surface area contributed by atoms with E-state index in [0.29, 0.717) is 18.0 Å². The predicted octanol–water partition coefficient (Wildman–Crippen LogP) is 4.74. The predicted molar refractivity (Wildman–Crippen MR) is 116 cm³/mol. The first-order chi connectivity index (χ1) is 15.1. The van der Waals surface area contributed by atoms with Gasteiger partial charge in [0.1, 0.15) is 23.3 Å². The number of nitrogens with zero attached hydrogens (tertiary/aromatic N) is 2. The Labute approximate surface area is 180 Å². The Morgan fingerprint density at radius 3 is 2.29 bits per heavy atom. The molecule has 0 saturated heterocycles. The van der Waals surface area contributed by atoms with Gasteiger partial charge in [0.25, 0.3) is 0 Å². The van der Waals surface area contributed by atoms with Crippen LogP contribution >= 0.6 is 0 Å². The summed E-state index contributed by atoms with van der Waals surface area (Å²) in [5.41, 5.74) is 3.65. The summed E-state index contributed by atoms with van der Waals surface area (Å²) < 4.78 is 13.6. The Bertz CT molecular complexity index is 1180. The zero-order chi connectivity index (χ0) is 21.4. The van der Waals surface area contributed by atoms with E-state index < -0.39 is 5.92 Å². The summed E-state index contributed by atoms with van der Waals surface area (Å²) in [6.07, 6.45) is 1.64. The number of aromatic nitrogens is 2. The summed E-state index contributed by atoms with van der Waals surface area (Å²) in [5, 5.41) is 7.76. The molecule has 1 aliphatic rings. The molecule has 1 unspecified atom stereocenters. The number of amides is 1. The molecule has 2 aromatic heterocycles. The van der Waals surface area contributed by atoms with E-state index in [9.17, 15) is 4.79 Å². The molecule has 0 radical (unpaired) electrons. The second-order valence-electron chi connectivity index (χ2n) is 7.76. The van der Waals surface area contributed by atoms with E-state index in [1.54, 1.807) is 6.26 Å². The third-order valence-electron chi connectivity index (χ3n) is 5.62. The molecule has 0 aliphatic carbocycles. The average Bonchev–Trinajstić information content (AvgIpc) is 3.42. The molecule has 0 spiro atoms. The van der Waals surface area contributed by atoms with E-state index in [1.165, 1.54) is 0 Å². The van der Waals surface area contributed by atoms with E-state index in [-0.39, 0.29) is 11.9 Å². The Balaban J connectivity index is 1.45. The quantitative estimate of drug-likeness (QED) is 0.513. The molecule has 6 heteroatoms. The normalized spacial score (nSPS) is 13.7. The van der Waals surface area contributed by atoms with Gasteiger partial charge < -0.3 is 14.5 Å². The van der Waals surface area contributed by atoms with E-state index in [1.807, 2.05) is 85.3 Å². The van der Waals surface area contributed by atoms with Crippen LogP contribution in [0.5, 0.6) is 11.5 Å².